The van der Waals surface area contributed by atoms with E-state index in [2.05, 4.69) is 14.8 Å². The molecule has 4 rings (SSSR count). The Morgan fingerprint density at radius 1 is 1.21 bits per heavy atom. The van der Waals surface area contributed by atoms with Crippen LogP contribution in [0.4, 0.5) is 13.6 Å². The molecule has 0 radical (unpaired) electrons. The van der Waals surface area contributed by atoms with Crippen molar-refractivity contribution >= 4 is 23.9 Å². The van der Waals surface area contributed by atoms with E-state index in [4.69, 9.17) is 14.6 Å². The van der Waals surface area contributed by atoms with Crippen molar-refractivity contribution in [3.8, 4) is 5.75 Å². The van der Waals surface area contributed by atoms with Gasteiger partial charge in [0, 0.05) is 24.4 Å². The minimum atomic E-state index is -1.43. The Hall–Kier alpha value is -4.53. The highest BCUT2D eigenvalue weighted by Crippen LogP contribution is 2.30. The van der Waals surface area contributed by atoms with E-state index in [1.807, 2.05) is 0 Å². The van der Waals surface area contributed by atoms with Gasteiger partial charge in [-0.15, -0.1) is 0 Å². The highest BCUT2D eigenvalue weighted by Gasteiger charge is 2.43. The van der Waals surface area contributed by atoms with Gasteiger partial charge >= 0.3 is 12.1 Å². The summed E-state index contributed by atoms with van der Waals surface area (Å²) in [6.45, 7) is -0.291. The molecule has 0 bridgehead atoms. The molecule has 1 aromatic carbocycles. The molecule has 2 atom stereocenters. The summed E-state index contributed by atoms with van der Waals surface area (Å²) in [5, 5.41) is 10.9. The van der Waals surface area contributed by atoms with E-state index in [1.165, 1.54) is 9.47 Å². The van der Waals surface area contributed by atoms with Crippen molar-refractivity contribution in [3.63, 3.8) is 0 Å². The fourth-order valence-corrected chi connectivity index (χ4v) is 3.99. The lowest BCUT2D eigenvalue weighted by Gasteiger charge is -2.34. The molecule has 2 aromatic rings. The Balaban J connectivity index is 1.61. The molecule has 0 aliphatic carbocycles. The zero-order chi connectivity index (χ0) is 27.6. The highest BCUT2D eigenvalue weighted by atomic mass is 19.1. The second-order valence-electron chi connectivity index (χ2n) is 8.31. The van der Waals surface area contributed by atoms with Crippen LogP contribution < -0.4 is 15.5 Å². The van der Waals surface area contributed by atoms with Gasteiger partial charge in [-0.25, -0.2) is 18.4 Å². The van der Waals surface area contributed by atoms with Gasteiger partial charge in [-0.3, -0.25) is 14.4 Å². The number of carboxylic acid groups (broad SMARTS) is 1. The highest BCUT2D eigenvalue weighted by molar-refractivity contribution is 5.99. The number of nitrogens with zero attached hydrogens (tertiary/aromatic N) is 2. The zero-order valence-corrected chi connectivity index (χ0v) is 19.8. The van der Waals surface area contributed by atoms with Gasteiger partial charge in [0.15, 0.2) is 18.5 Å². The number of aromatic nitrogens is 1. The van der Waals surface area contributed by atoms with Crippen LogP contribution in [-0.2, 0) is 32.1 Å². The monoisotopic (exact) mass is 537 g/mol. The maximum Gasteiger partial charge on any atom is 0.511 e. The number of carbonyl (C=O) groups is 4. The summed E-state index contributed by atoms with van der Waals surface area (Å²) in [5.74, 6) is -5.33. The quantitative estimate of drug-likeness (QED) is 0.364. The molecule has 2 aliphatic heterocycles. The number of halogens is 2. The first-order chi connectivity index (χ1) is 18.1. The molecule has 0 saturated carbocycles. The summed E-state index contributed by atoms with van der Waals surface area (Å²) < 4.78 is 48.2. The molecule has 1 unspecified atom stereocenters. The van der Waals surface area contributed by atoms with Crippen LogP contribution in [-0.4, -0.2) is 70.8 Å². The first kappa shape index (κ1) is 26.5. The summed E-state index contributed by atoms with van der Waals surface area (Å²) in [6.07, 6.45) is -0.957. The fourth-order valence-electron chi connectivity index (χ4n) is 3.99. The molecule has 1 aromatic heterocycles. The Morgan fingerprint density at radius 3 is 2.68 bits per heavy atom. The minimum Gasteiger partial charge on any atom is -0.479 e. The van der Waals surface area contributed by atoms with Crippen LogP contribution >= 0.6 is 0 Å². The van der Waals surface area contributed by atoms with Crippen molar-refractivity contribution in [2.24, 2.45) is 0 Å². The number of nitrogens with one attached hydrogen (secondary N) is 1. The number of ether oxygens (including phenoxy) is 4. The van der Waals surface area contributed by atoms with E-state index in [0.29, 0.717) is 6.07 Å². The van der Waals surface area contributed by atoms with Gasteiger partial charge in [0.25, 0.3) is 11.8 Å². The van der Waals surface area contributed by atoms with Gasteiger partial charge in [-0.1, -0.05) is 6.07 Å². The number of rotatable bonds is 8. The first-order valence-corrected chi connectivity index (χ1v) is 11.1. The van der Waals surface area contributed by atoms with Crippen LogP contribution in [0.1, 0.15) is 33.3 Å². The summed E-state index contributed by atoms with van der Waals surface area (Å²) in [7, 11) is 0. The molecule has 202 valence electrons. The summed E-state index contributed by atoms with van der Waals surface area (Å²) in [6, 6.07) is 2.46. The normalized spacial score (nSPS) is 17.9. The van der Waals surface area contributed by atoms with Crippen molar-refractivity contribution < 1.29 is 52.0 Å². The van der Waals surface area contributed by atoms with E-state index in [0.717, 1.165) is 18.3 Å². The largest absolute Gasteiger partial charge is 0.511 e. The lowest BCUT2D eigenvalue weighted by molar-refractivity contribution is -0.141. The third kappa shape index (κ3) is 5.41. The van der Waals surface area contributed by atoms with Gasteiger partial charge in [0.1, 0.15) is 17.2 Å². The fraction of sp³-hybridized carbons (Fsp3) is 0.348. The first-order valence-electron chi connectivity index (χ1n) is 11.1. The lowest BCUT2D eigenvalue weighted by atomic mass is 10.1. The maximum atomic E-state index is 14.0. The van der Waals surface area contributed by atoms with Crippen molar-refractivity contribution in [1.82, 2.24) is 14.8 Å². The number of pyridine rings is 1. The minimum absolute atomic E-state index is 0.0381. The number of carboxylic acids is 1. The van der Waals surface area contributed by atoms with Crippen molar-refractivity contribution in [2.45, 2.75) is 32.3 Å². The van der Waals surface area contributed by atoms with Gasteiger partial charge in [-0.2, -0.15) is 0 Å². The van der Waals surface area contributed by atoms with Gasteiger partial charge in [0.2, 0.25) is 18.0 Å². The standard InChI is InChI=1S/C23H21F2N3O10/c1-11-8-35-16-7-27-6-14(21(32)26-5-12-2-3-13(24)4-15(12)25)19(31)20(18(27)22(33)28(11)16)37-10-38-23(34)36-9-17(29)30/h2-4,6,11,16H,5,7-10H2,1H3,(H,26,32)(H,29,30)/t11-,16?/m0/s1. The van der Waals surface area contributed by atoms with Crippen LogP contribution in [0, 0.1) is 11.6 Å². The summed E-state index contributed by atoms with van der Waals surface area (Å²) >= 11 is 0. The second-order valence-corrected chi connectivity index (χ2v) is 8.31. The second kappa shape index (κ2) is 10.8. The molecule has 3 heterocycles. The number of hydrogen-bond donors (Lipinski definition) is 2. The maximum absolute atomic E-state index is 14.0. The summed E-state index contributed by atoms with van der Waals surface area (Å²) in [4.78, 5) is 62.8. The molecule has 38 heavy (non-hydrogen) atoms. The predicted molar refractivity (Wildman–Crippen MR) is 119 cm³/mol. The predicted octanol–water partition coefficient (Wildman–Crippen LogP) is 0.831. The molecule has 2 N–H and O–H groups in total. The number of aliphatic carboxylic acids is 1. The molecular weight excluding hydrogens is 516 g/mol. The van der Waals surface area contributed by atoms with E-state index in [9.17, 15) is 32.8 Å². The molecule has 2 amide bonds. The van der Waals surface area contributed by atoms with Crippen LogP contribution in [0.25, 0.3) is 0 Å². The topological polar surface area (TPSA) is 163 Å². The average molecular weight is 537 g/mol. The number of fused-ring (bicyclic) bond motifs is 2. The van der Waals surface area contributed by atoms with Crippen LogP contribution in [0.5, 0.6) is 5.75 Å². The zero-order valence-electron chi connectivity index (χ0n) is 19.8. The number of amides is 2. The Kier molecular flexibility index (Phi) is 7.57. The van der Waals surface area contributed by atoms with Gasteiger partial charge < -0.3 is 38.8 Å². The van der Waals surface area contributed by atoms with E-state index >= 15 is 0 Å². The third-order valence-electron chi connectivity index (χ3n) is 5.74. The number of benzene rings is 1. The molecule has 2 aliphatic rings. The Morgan fingerprint density at radius 2 is 1.97 bits per heavy atom. The Bertz CT molecular complexity index is 1360. The Labute approximate surface area is 212 Å². The van der Waals surface area contributed by atoms with Crippen LogP contribution in [0.3, 0.4) is 0 Å². The molecule has 13 nitrogen and oxygen atoms in total. The molecular formula is C23H21F2N3O10. The van der Waals surface area contributed by atoms with E-state index < -0.39 is 71.9 Å². The van der Waals surface area contributed by atoms with E-state index in [-0.39, 0.29) is 37.0 Å². The third-order valence-corrected chi connectivity index (χ3v) is 5.74. The van der Waals surface area contributed by atoms with Gasteiger partial charge in [0.05, 0.1) is 19.2 Å². The number of carbonyl (C=O) groups excluding carboxylic acids is 3. The SMILES string of the molecule is C[C@H]1COC2Cn3cc(C(=O)NCc4ccc(F)cc4F)c(=O)c(OCOC(=O)OCC(=O)O)c3C(=O)N21. The van der Waals surface area contributed by atoms with Crippen molar-refractivity contribution in [1.29, 1.82) is 0 Å². The lowest BCUT2D eigenvalue weighted by Crippen LogP contribution is -2.49. The molecule has 1 saturated heterocycles. The van der Waals surface area contributed by atoms with E-state index in [1.54, 1.807) is 6.92 Å². The molecule has 1 fully saturated rings. The molecule has 0 spiro atoms. The van der Waals surface area contributed by atoms with Crippen molar-refractivity contribution in [3.05, 3.63) is 63.1 Å². The summed E-state index contributed by atoms with van der Waals surface area (Å²) in [5.41, 5.74) is -1.78. The van der Waals surface area contributed by atoms with Crippen LogP contribution in [0.15, 0.2) is 29.2 Å². The average Bonchev–Trinajstić information content (AvgIpc) is 3.23. The smallest absolute Gasteiger partial charge is 0.479 e. The van der Waals surface area contributed by atoms with Crippen LogP contribution in [0.2, 0.25) is 0 Å². The molecule has 15 heteroatoms. The van der Waals surface area contributed by atoms with Gasteiger partial charge in [-0.05, 0) is 13.0 Å². The number of hydrogen-bond acceptors (Lipinski definition) is 9. The van der Waals surface area contributed by atoms with Crippen molar-refractivity contribution in [2.75, 3.05) is 20.0 Å².